The van der Waals surface area contributed by atoms with Gasteiger partial charge in [0.1, 0.15) is 11.3 Å². The maximum atomic E-state index is 13.2. The van der Waals surface area contributed by atoms with Gasteiger partial charge in [-0.05, 0) is 35.9 Å². The number of anilines is 1. The van der Waals surface area contributed by atoms with Gasteiger partial charge in [-0.3, -0.25) is 9.69 Å². The number of carbonyl (C=O) groups is 1. The van der Waals surface area contributed by atoms with Crippen molar-refractivity contribution in [2.24, 2.45) is 7.05 Å². The van der Waals surface area contributed by atoms with Crippen molar-refractivity contribution in [3.8, 4) is 0 Å². The molecular formula is C20H17N5O. The van der Waals surface area contributed by atoms with Crippen molar-refractivity contribution in [2.75, 3.05) is 4.90 Å². The number of aromatic nitrogens is 4. The van der Waals surface area contributed by atoms with Crippen molar-refractivity contribution >= 4 is 22.8 Å². The minimum atomic E-state index is -0.125. The number of amides is 1. The van der Waals surface area contributed by atoms with Crippen LogP contribution < -0.4 is 4.90 Å². The predicted molar refractivity (Wildman–Crippen MR) is 99.7 cm³/mol. The zero-order valence-electron chi connectivity index (χ0n) is 14.3. The molecule has 0 bridgehead atoms. The van der Waals surface area contributed by atoms with Crippen LogP contribution in [-0.4, -0.2) is 25.9 Å². The highest BCUT2D eigenvalue weighted by Crippen LogP contribution is 2.20. The molecule has 0 aliphatic rings. The molecule has 6 heteroatoms. The number of carbonyl (C=O) groups excluding carboxylic acids is 1. The van der Waals surface area contributed by atoms with Crippen LogP contribution in [0.3, 0.4) is 0 Å². The lowest BCUT2D eigenvalue weighted by Crippen LogP contribution is -2.31. The SMILES string of the molecule is Cn1nnc2cc(C(=O)N(Cc3ccccc3)c3ccccn3)ccc21. The number of benzene rings is 2. The predicted octanol–water partition coefficient (Wildman–Crippen LogP) is 3.21. The highest BCUT2D eigenvalue weighted by Gasteiger charge is 2.20. The molecule has 2 heterocycles. The van der Waals surface area contributed by atoms with Crippen molar-refractivity contribution in [1.82, 2.24) is 20.0 Å². The van der Waals surface area contributed by atoms with Crippen molar-refractivity contribution in [2.45, 2.75) is 6.54 Å². The fourth-order valence-corrected chi connectivity index (χ4v) is 2.87. The van der Waals surface area contributed by atoms with Gasteiger partial charge in [0.05, 0.1) is 12.1 Å². The van der Waals surface area contributed by atoms with Gasteiger partial charge in [-0.2, -0.15) is 0 Å². The van der Waals surface area contributed by atoms with Gasteiger partial charge in [0.15, 0.2) is 0 Å². The molecular weight excluding hydrogens is 326 g/mol. The fourth-order valence-electron chi connectivity index (χ4n) is 2.87. The Bertz CT molecular complexity index is 1040. The molecule has 0 saturated carbocycles. The quantitative estimate of drug-likeness (QED) is 0.571. The van der Waals surface area contributed by atoms with Crippen molar-refractivity contribution in [3.63, 3.8) is 0 Å². The van der Waals surface area contributed by atoms with Crippen LogP contribution in [0.5, 0.6) is 0 Å². The molecule has 4 rings (SSSR count). The normalized spacial score (nSPS) is 10.8. The Morgan fingerprint density at radius 1 is 1.04 bits per heavy atom. The van der Waals surface area contributed by atoms with E-state index in [0.717, 1.165) is 11.1 Å². The van der Waals surface area contributed by atoms with Gasteiger partial charge in [-0.25, -0.2) is 9.67 Å². The smallest absolute Gasteiger partial charge is 0.259 e. The number of hydrogen-bond donors (Lipinski definition) is 0. The topological polar surface area (TPSA) is 63.9 Å². The molecule has 2 aromatic carbocycles. The number of nitrogens with zero attached hydrogens (tertiary/aromatic N) is 5. The van der Waals surface area contributed by atoms with E-state index in [1.54, 1.807) is 27.9 Å². The van der Waals surface area contributed by atoms with E-state index in [0.29, 0.717) is 23.4 Å². The summed E-state index contributed by atoms with van der Waals surface area (Å²) < 4.78 is 1.68. The van der Waals surface area contributed by atoms with Crippen molar-refractivity contribution < 1.29 is 4.79 Å². The summed E-state index contributed by atoms with van der Waals surface area (Å²) in [7, 11) is 1.83. The number of pyridine rings is 1. The largest absolute Gasteiger partial charge is 0.288 e. The van der Waals surface area contributed by atoms with E-state index >= 15 is 0 Å². The first kappa shape index (κ1) is 16.0. The standard InChI is InChI=1S/C20H17N5O/c1-24-18-11-10-16(13-17(18)22-23-24)20(26)25(19-9-5-6-12-21-19)14-15-7-3-2-4-8-15/h2-13H,14H2,1H3. The molecule has 1 amide bonds. The second kappa shape index (κ2) is 6.76. The van der Waals surface area contributed by atoms with Gasteiger partial charge in [-0.1, -0.05) is 41.6 Å². The molecule has 0 radical (unpaired) electrons. The van der Waals surface area contributed by atoms with Crippen LogP contribution in [-0.2, 0) is 13.6 Å². The Kier molecular flexibility index (Phi) is 4.15. The van der Waals surface area contributed by atoms with Gasteiger partial charge in [0.2, 0.25) is 0 Å². The summed E-state index contributed by atoms with van der Waals surface area (Å²) >= 11 is 0. The second-order valence-corrected chi connectivity index (χ2v) is 5.98. The summed E-state index contributed by atoms with van der Waals surface area (Å²) in [6.07, 6.45) is 1.69. The molecule has 6 nitrogen and oxygen atoms in total. The van der Waals surface area contributed by atoms with Gasteiger partial charge < -0.3 is 0 Å². The van der Waals surface area contributed by atoms with Crippen LogP contribution in [0.4, 0.5) is 5.82 Å². The maximum Gasteiger partial charge on any atom is 0.259 e. The van der Waals surface area contributed by atoms with E-state index < -0.39 is 0 Å². The number of rotatable bonds is 4. The van der Waals surface area contributed by atoms with E-state index in [1.807, 2.05) is 61.6 Å². The third kappa shape index (κ3) is 3.04. The molecule has 0 aliphatic carbocycles. The molecule has 0 aliphatic heterocycles. The van der Waals surface area contributed by atoms with Crippen LogP contribution >= 0.6 is 0 Å². The number of hydrogen-bond acceptors (Lipinski definition) is 4. The van der Waals surface area contributed by atoms with E-state index in [2.05, 4.69) is 15.3 Å². The minimum Gasteiger partial charge on any atom is -0.288 e. The first-order valence-corrected chi connectivity index (χ1v) is 8.28. The average Bonchev–Trinajstić information content (AvgIpc) is 3.07. The summed E-state index contributed by atoms with van der Waals surface area (Å²) in [5.74, 6) is 0.487. The lowest BCUT2D eigenvalue weighted by atomic mass is 10.1. The Balaban J connectivity index is 1.73. The van der Waals surface area contributed by atoms with E-state index in [1.165, 1.54) is 0 Å². The Hall–Kier alpha value is -3.54. The van der Waals surface area contributed by atoms with Crippen LogP contribution in [0, 0.1) is 0 Å². The van der Waals surface area contributed by atoms with E-state index in [9.17, 15) is 4.79 Å². The monoisotopic (exact) mass is 343 g/mol. The summed E-state index contributed by atoms with van der Waals surface area (Å²) in [5, 5.41) is 8.10. The molecule has 0 saturated heterocycles. The van der Waals surface area contributed by atoms with Crippen LogP contribution in [0.2, 0.25) is 0 Å². The number of fused-ring (bicyclic) bond motifs is 1. The zero-order valence-corrected chi connectivity index (χ0v) is 14.3. The van der Waals surface area contributed by atoms with Gasteiger partial charge >= 0.3 is 0 Å². The minimum absolute atomic E-state index is 0.125. The fraction of sp³-hybridized carbons (Fsp3) is 0.100. The van der Waals surface area contributed by atoms with E-state index in [-0.39, 0.29) is 5.91 Å². The van der Waals surface area contributed by atoms with Crippen molar-refractivity contribution in [3.05, 3.63) is 84.1 Å². The van der Waals surface area contributed by atoms with Crippen LogP contribution in [0.25, 0.3) is 11.0 Å². The highest BCUT2D eigenvalue weighted by molar-refractivity contribution is 6.07. The number of aryl methyl sites for hydroxylation is 1. The maximum absolute atomic E-state index is 13.2. The molecule has 2 aromatic heterocycles. The summed E-state index contributed by atoms with van der Waals surface area (Å²) in [4.78, 5) is 19.3. The summed E-state index contributed by atoms with van der Waals surface area (Å²) in [6.45, 7) is 0.440. The molecule has 0 N–H and O–H groups in total. The first-order chi connectivity index (χ1) is 12.7. The Labute approximate surface area is 150 Å². The molecule has 0 fully saturated rings. The lowest BCUT2D eigenvalue weighted by Gasteiger charge is -2.22. The van der Waals surface area contributed by atoms with Gasteiger partial charge in [0, 0.05) is 18.8 Å². The molecule has 0 unspecified atom stereocenters. The van der Waals surface area contributed by atoms with Crippen molar-refractivity contribution in [1.29, 1.82) is 0 Å². The molecule has 4 aromatic rings. The summed E-state index contributed by atoms with van der Waals surface area (Å²) in [5.41, 5.74) is 3.17. The summed E-state index contributed by atoms with van der Waals surface area (Å²) in [6, 6.07) is 20.8. The van der Waals surface area contributed by atoms with Crippen LogP contribution in [0.1, 0.15) is 15.9 Å². The molecule has 0 spiro atoms. The molecule has 128 valence electrons. The lowest BCUT2D eigenvalue weighted by molar-refractivity contribution is 0.0984. The first-order valence-electron chi connectivity index (χ1n) is 8.28. The highest BCUT2D eigenvalue weighted by atomic mass is 16.2. The van der Waals surface area contributed by atoms with Crippen LogP contribution in [0.15, 0.2) is 72.9 Å². The van der Waals surface area contributed by atoms with Gasteiger partial charge in [-0.15, -0.1) is 5.10 Å². The zero-order chi connectivity index (χ0) is 17.9. The van der Waals surface area contributed by atoms with Gasteiger partial charge in [0.25, 0.3) is 5.91 Å². The van der Waals surface area contributed by atoms with E-state index in [4.69, 9.17) is 0 Å². The molecule has 26 heavy (non-hydrogen) atoms. The third-order valence-corrected chi connectivity index (χ3v) is 4.21. The Morgan fingerprint density at radius 3 is 2.62 bits per heavy atom. The second-order valence-electron chi connectivity index (χ2n) is 5.98. The molecule has 0 atom stereocenters. The average molecular weight is 343 g/mol. The Morgan fingerprint density at radius 2 is 1.85 bits per heavy atom. The third-order valence-electron chi connectivity index (χ3n) is 4.21.